The van der Waals surface area contributed by atoms with E-state index in [1.807, 2.05) is 31.2 Å². The van der Waals surface area contributed by atoms with Gasteiger partial charge in [-0.15, -0.1) is 0 Å². The Morgan fingerprint density at radius 2 is 2.10 bits per heavy atom. The minimum absolute atomic E-state index is 0.0880. The predicted octanol–water partition coefficient (Wildman–Crippen LogP) is 1.63. The molecule has 0 aromatic heterocycles. The van der Waals surface area contributed by atoms with E-state index in [2.05, 4.69) is 5.32 Å². The Bertz CT molecular complexity index is 423. The molecule has 0 saturated carbocycles. The summed E-state index contributed by atoms with van der Waals surface area (Å²) < 4.78 is 10.6. The summed E-state index contributed by atoms with van der Waals surface area (Å²) in [5.41, 5.74) is 6.97. The van der Waals surface area contributed by atoms with E-state index in [1.54, 1.807) is 14.0 Å². The molecule has 0 aliphatic rings. The number of carbonyl (C=O) groups is 1. The van der Waals surface area contributed by atoms with Gasteiger partial charge in [0, 0.05) is 25.3 Å². The van der Waals surface area contributed by atoms with Crippen molar-refractivity contribution in [2.45, 2.75) is 32.4 Å². The van der Waals surface area contributed by atoms with Gasteiger partial charge in [-0.3, -0.25) is 4.79 Å². The van der Waals surface area contributed by atoms with Gasteiger partial charge in [0.2, 0.25) is 0 Å². The SMILES string of the molecule is CCC(N)c1ccccc1OC(C)C(=O)NCCOC. The van der Waals surface area contributed by atoms with Crippen molar-refractivity contribution in [3.63, 3.8) is 0 Å². The summed E-state index contributed by atoms with van der Waals surface area (Å²) in [5.74, 6) is 0.498. The van der Waals surface area contributed by atoms with Gasteiger partial charge in [0.1, 0.15) is 5.75 Å². The molecule has 2 atom stereocenters. The molecule has 3 N–H and O–H groups in total. The van der Waals surface area contributed by atoms with Gasteiger partial charge < -0.3 is 20.5 Å². The fourth-order valence-electron chi connectivity index (χ4n) is 1.78. The summed E-state index contributed by atoms with van der Waals surface area (Å²) >= 11 is 0. The zero-order chi connectivity index (χ0) is 15.0. The number of amides is 1. The highest BCUT2D eigenvalue weighted by molar-refractivity contribution is 5.80. The monoisotopic (exact) mass is 280 g/mol. The predicted molar refractivity (Wildman–Crippen MR) is 78.6 cm³/mol. The topological polar surface area (TPSA) is 73.6 Å². The molecule has 2 unspecified atom stereocenters. The van der Waals surface area contributed by atoms with Crippen LogP contribution < -0.4 is 15.8 Å². The molecule has 1 aromatic rings. The Kier molecular flexibility index (Phi) is 7.04. The van der Waals surface area contributed by atoms with Crippen molar-refractivity contribution in [3.05, 3.63) is 29.8 Å². The van der Waals surface area contributed by atoms with E-state index in [1.165, 1.54) is 0 Å². The van der Waals surface area contributed by atoms with Crippen LogP contribution in [0.25, 0.3) is 0 Å². The Morgan fingerprint density at radius 1 is 1.40 bits per heavy atom. The number of ether oxygens (including phenoxy) is 2. The van der Waals surface area contributed by atoms with E-state index in [-0.39, 0.29) is 11.9 Å². The maximum Gasteiger partial charge on any atom is 0.260 e. The largest absolute Gasteiger partial charge is 0.481 e. The van der Waals surface area contributed by atoms with Gasteiger partial charge in [0.05, 0.1) is 6.61 Å². The zero-order valence-electron chi connectivity index (χ0n) is 12.4. The average Bonchev–Trinajstić information content (AvgIpc) is 2.47. The lowest BCUT2D eigenvalue weighted by Gasteiger charge is -2.19. The summed E-state index contributed by atoms with van der Waals surface area (Å²) in [6.45, 7) is 4.69. The molecule has 112 valence electrons. The summed E-state index contributed by atoms with van der Waals surface area (Å²) in [4.78, 5) is 11.8. The third kappa shape index (κ3) is 4.83. The number of nitrogens with one attached hydrogen (secondary N) is 1. The highest BCUT2D eigenvalue weighted by atomic mass is 16.5. The fraction of sp³-hybridized carbons (Fsp3) is 0.533. The van der Waals surface area contributed by atoms with Gasteiger partial charge in [-0.1, -0.05) is 25.1 Å². The minimum Gasteiger partial charge on any atom is -0.481 e. The van der Waals surface area contributed by atoms with Crippen molar-refractivity contribution in [1.82, 2.24) is 5.32 Å². The molecule has 0 saturated heterocycles. The molecule has 0 bridgehead atoms. The van der Waals surface area contributed by atoms with E-state index in [0.29, 0.717) is 18.9 Å². The smallest absolute Gasteiger partial charge is 0.260 e. The normalized spacial score (nSPS) is 13.6. The number of rotatable bonds is 8. The molecule has 0 heterocycles. The maximum atomic E-state index is 11.8. The Hall–Kier alpha value is -1.59. The number of carbonyl (C=O) groups excluding carboxylic acids is 1. The van der Waals surface area contributed by atoms with Crippen LogP contribution in [-0.2, 0) is 9.53 Å². The number of nitrogens with two attached hydrogens (primary N) is 1. The molecule has 0 aliphatic carbocycles. The molecular formula is C15H24N2O3. The van der Waals surface area contributed by atoms with Crippen molar-refractivity contribution in [3.8, 4) is 5.75 Å². The van der Waals surface area contributed by atoms with Gasteiger partial charge in [-0.25, -0.2) is 0 Å². The van der Waals surface area contributed by atoms with Crippen LogP contribution in [0.5, 0.6) is 5.75 Å². The third-order valence-electron chi connectivity index (χ3n) is 3.04. The standard InChI is InChI=1S/C15H24N2O3/c1-4-13(16)12-7-5-6-8-14(12)20-11(2)15(18)17-9-10-19-3/h5-8,11,13H,4,9-10,16H2,1-3H3,(H,17,18). The molecule has 20 heavy (non-hydrogen) atoms. The maximum absolute atomic E-state index is 11.8. The molecule has 0 radical (unpaired) electrons. The molecule has 0 fully saturated rings. The number of hydrogen-bond donors (Lipinski definition) is 2. The van der Waals surface area contributed by atoms with E-state index >= 15 is 0 Å². The molecular weight excluding hydrogens is 256 g/mol. The lowest BCUT2D eigenvalue weighted by atomic mass is 10.0. The minimum atomic E-state index is -0.572. The summed E-state index contributed by atoms with van der Waals surface area (Å²) in [5, 5.41) is 2.75. The Balaban J connectivity index is 2.65. The molecule has 0 aliphatic heterocycles. The van der Waals surface area contributed by atoms with E-state index in [4.69, 9.17) is 15.2 Å². The highest BCUT2D eigenvalue weighted by Gasteiger charge is 2.17. The molecule has 5 heteroatoms. The van der Waals surface area contributed by atoms with Crippen molar-refractivity contribution in [2.24, 2.45) is 5.73 Å². The van der Waals surface area contributed by atoms with Crippen molar-refractivity contribution in [2.75, 3.05) is 20.3 Å². The van der Waals surface area contributed by atoms with Gasteiger partial charge in [-0.05, 0) is 19.4 Å². The van der Waals surface area contributed by atoms with E-state index in [9.17, 15) is 4.79 Å². The van der Waals surface area contributed by atoms with Gasteiger partial charge in [0.15, 0.2) is 6.10 Å². The lowest BCUT2D eigenvalue weighted by Crippen LogP contribution is -2.38. The molecule has 1 rings (SSSR count). The average molecular weight is 280 g/mol. The zero-order valence-corrected chi connectivity index (χ0v) is 12.4. The second kappa shape index (κ2) is 8.55. The summed E-state index contributed by atoms with van der Waals surface area (Å²) in [6, 6.07) is 7.47. The third-order valence-corrected chi connectivity index (χ3v) is 3.04. The first kappa shape index (κ1) is 16.5. The fourth-order valence-corrected chi connectivity index (χ4v) is 1.78. The Morgan fingerprint density at radius 3 is 2.75 bits per heavy atom. The summed E-state index contributed by atoms with van der Waals surface area (Å²) in [7, 11) is 1.59. The number of benzene rings is 1. The first-order valence-electron chi connectivity index (χ1n) is 6.88. The van der Waals surface area contributed by atoms with Crippen molar-refractivity contribution < 1.29 is 14.3 Å². The molecule has 1 amide bonds. The van der Waals surface area contributed by atoms with E-state index < -0.39 is 6.10 Å². The van der Waals surface area contributed by atoms with Gasteiger partial charge in [-0.2, -0.15) is 0 Å². The van der Waals surface area contributed by atoms with Crippen LogP contribution in [-0.4, -0.2) is 32.3 Å². The van der Waals surface area contributed by atoms with Crippen LogP contribution in [0.4, 0.5) is 0 Å². The van der Waals surface area contributed by atoms with Crippen LogP contribution in [0.15, 0.2) is 24.3 Å². The van der Waals surface area contributed by atoms with E-state index in [0.717, 1.165) is 12.0 Å². The first-order valence-corrected chi connectivity index (χ1v) is 6.88. The number of para-hydroxylation sites is 1. The summed E-state index contributed by atoms with van der Waals surface area (Å²) in [6.07, 6.45) is 0.242. The first-order chi connectivity index (χ1) is 9.60. The molecule has 1 aromatic carbocycles. The Labute approximate surface area is 120 Å². The highest BCUT2D eigenvalue weighted by Crippen LogP contribution is 2.26. The van der Waals surface area contributed by atoms with Crippen molar-refractivity contribution >= 4 is 5.91 Å². The van der Waals surface area contributed by atoms with Gasteiger partial charge in [0.25, 0.3) is 5.91 Å². The molecule has 0 spiro atoms. The van der Waals surface area contributed by atoms with Crippen LogP contribution in [0, 0.1) is 0 Å². The van der Waals surface area contributed by atoms with Crippen LogP contribution in [0.3, 0.4) is 0 Å². The number of hydrogen-bond acceptors (Lipinski definition) is 4. The molecule has 5 nitrogen and oxygen atoms in total. The lowest BCUT2D eigenvalue weighted by molar-refractivity contribution is -0.127. The van der Waals surface area contributed by atoms with Crippen LogP contribution >= 0.6 is 0 Å². The van der Waals surface area contributed by atoms with Crippen molar-refractivity contribution in [1.29, 1.82) is 0 Å². The second-order valence-corrected chi connectivity index (χ2v) is 4.60. The van der Waals surface area contributed by atoms with Crippen LogP contribution in [0.1, 0.15) is 31.9 Å². The second-order valence-electron chi connectivity index (χ2n) is 4.60. The van der Waals surface area contributed by atoms with Gasteiger partial charge >= 0.3 is 0 Å². The quantitative estimate of drug-likeness (QED) is 0.710. The number of methoxy groups -OCH3 is 1. The van der Waals surface area contributed by atoms with Crippen LogP contribution in [0.2, 0.25) is 0 Å².